The van der Waals surface area contributed by atoms with E-state index in [9.17, 15) is 9.59 Å². The molecule has 0 saturated carbocycles. The Hall–Kier alpha value is -2.79. The first-order valence-electron chi connectivity index (χ1n) is 11.8. The summed E-state index contributed by atoms with van der Waals surface area (Å²) in [6.45, 7) is 2.96. The molecule has 2 aliphatic heterocycles. The third-order valence-corrected chi connectivity index (χ3v) is 7.32. The monoisotopic (exact) mass is 460 g/mol. The molecule has 2 amide bonds. The van der Waals surface area contributed by atoms with Gasteiger partial charge in [-0.05, 0) is 35.1 Å². The highest BCUT2D eigenvalue weighted by atomic mass is 32.2. The Balaban J connectivity index is 1.11. The van der Waals surface area contributed by atoms with E-state index in [0.717, 1.165) is 37.4 Å². The summed E-state index contributed by atoms with van der Waals surface area (Å²) in [4.78, 5) is 29.0. The Bertz CT molecular complexity index is 920. The second-order valence-electron chi connectivity index (χ2n) is 8.48. The number of hydrogen-bond acceptors (Lipinski definition) is 3. The Kier molecular flexibility index (Phi) is 8.42. The smallest absolute Gasteiger partial charge is 0.223 e. The van der Waals surface area contributed by atoms with E-state index in [1.165, 1.54) is 22.3 Å². The molecule has 0 radical (unpaired) electrons. The van der Waals surface area contributed by atoms with E-state index in [2.05, 4.69) is 60.7 Å². The van der Waals surface area contributed by atoms with Crippen molar-refractivity contribution >= 4 is 34.7 Å². The third-order valence-electron chi connectivity index (χ3n) is 6.33. The van der Waals surface area contributed by atoms with Gasteiger partial charge in [0.15, 0.2) is 0 Å². The quantitative estimate of drug-likeness (QED) is 0.513. The molecule has 0 aliphatic carbocycles. The second-order valence-corrected chi connectivity index (χ2v) is 9.71. The van der Waals surface area contributed by atoms with Crippen LogP contribution in [-0.4, -0.2) is 59.3 Å². The third kappa shape index (κ3) is 6.61. The van der Waals surface area contributed by atoms with Gasteiger partial charge in [0.2, 0.25) is 11.8 Å². The van der Waals surface area contributed by atoms with Gasteiger partial charge in [-0.15, -0.1) is 0 Å². The lowest BCUT2D eigenvalue weighted by Crippen LogP contribution is -2.35. The van der Waals surface area contributed by atoms with Gasteiger partial charge in [-0.3, -0.25) is 9.59 Å². The summed E-state index contributed by atoms with van der Waals surface area (Å²) in [6, 6.07) is 20.8. The van der Waals surface area contributed by atoms with E-state index in [-0.39, 0.29) is 11.8 Å². The molecule has 172 valence electrons. The van der Waals surface area contributed by atoms with Crippen LogP contribution in [-0.2, 0) is 9.59 Å². The largest absolute Gasteiger partial charge is 0.339 e. The number of benzene rings is 2. The van der Waals surface area contributed by atoms with Crippen molar-refractivity contribution in [3.63, 3.8) is 0 Å². The lowest BCUT2D eigenvalue weighted by molar-refractivity contribution is -0.131. The zero-order chi connectivity index (χ0) is 22.9. The van der Waals surface area contributed by atoms with Crippen LogP contribution in [0.4, 0.5) is 0 Å². The van der Waals surface area contributed by atoms with Crippen LogP contribution in [0.1, 0.15) is 36.8 Å². The lowest BCUT2D eigenvalue weighted by Gasteiger charge is -2.27. The molecule has 2 aromatic rings. The summed E-state index contributed by atoms with van der Waals surface area (Å²) >= 11 is 1.71. The predicted octanol–water partition coefficient (Wildman–Crippen LogP) is 5.13. The van der Waals surface area contributed by atoms with Gasteiger partial charge in [-0.25, -0.2) is 0 Å². The normalized spacial score (nSPS) is 16.2. The SMILES string of the molecule is O=C(CCSCCC(=O)N1CC=C(c2ccccc2)CC1)N1CC=C(c2ccccc2)CC1. The van der Waals surface area contributed by atoms with Gasteiger partial charge >= 0.3 is 0 Å². The highest BCUT2D eigenvalue weighted by Gasteiger charge is 2.19. The molecular formula is C28H32N2O2S. The van der Waals surface area contributed by atoms with Gasteiger partial charge in [-0.1, -0.05) is 72.8 Å². The number of nitrogens with zero attached hydrogens (tertiary/aromatic N) is 2. The molecule has 4 rings (SSSR count). The van der Waals surface area contributed by atoms with Crippen molar-refractivity contribution in [2.24, 2.45) is 0 Å². The first-order valence-corrected chi connectivity index (χ1v) is 13.0. The average Bonchev–Trinajstić information content (AvgIpc) is 2.89. The summed E-state index contributed by atoms with van der Waals surface area (Å²) in [7, 11) is 0. The second kappa shape index (κ2) is 11.9. The fourth-order valence-electron chi connectivity index (χ4n) is 4.36. The van der Waals surface area contributed by atoms with Crippen molar-refractivity contribution in [1.82, 2.24) is 9.80 Å². The van der Waals surface area contributed by atoms with Crippen molar-refractivity contribution in [3.05, 3.63) is 83.9 Å². The van der Waals surface area contributed by atoms with Crippen LogP contribution in [0.3, 0.4) is 0 Å². The van der Waals surface area contributed by atoms with E-state index >= 15 is 0 Å². The van der Waals surface area contributed by atoms with Crippen LogP contribution in [0.25, 0.3) is 11.1 Å². The number of hydrogen-bond donors (Lipinski definition) is 0. The van der Waals surface area contributed by atoms with Crippen molar-refractivity contribution in [3.8, 4) is 0 Å². The number of amides is 2. The number of carbonyl (C=O) groups is 2. The standard InChI is InChI=1S/C28H32N2O2S/c31-27(29-17-11-25(12-18-29)23-7-3-1-4-8-23)15-21-33-22-16-28(32)30-19-13-26(14-20-30)24-9-5-2-6-10-24/h1-11,13H,12,14-22H2. The Morgan fingerprint density at radius 1 is 0.667 bits per heavy atom. The van der Waals surface area contributed by atoms with E-state index in [4.69, 9.17) is 0 Å². The van der Waals surface area contributed by atoms with Gasteiger partial charge in [0.05, 0.1) is 0 Å². The summed E-state index contributed by atoms with van der Waals surface area (Å²) in [5.74, 6) is 1.98. The summed E-state index contributed by atoms with van der Waals surface area (Å²) in [5, 5.41) is 0. The van der Waals surface area contributed by atoms with Crippen LogP contribution in [0, 0.1) is 0 Å². The minimum atomic E-state index is 0.215. The summed E-state index contributed by atoms with van der Waals surface area (Å²) in [6.07, 6.45) is 7.26. The molecule has 0 atom stereocenters. The van der Waals surface area contributed by atoms with Crippen LogP contribution in [0.15, 0.2) is 72.8 Å². The first kappa shape index (κ1) is 23.4. The van der Waals surface area contributed by atoms with E-state index < -0.39 is 0 Å². The molecule has 2 heterocycles. The molecule has 0 saturated heterocycles. The minimum Gasteiger partial charge on any atom is -0.339 e. The zero-order valence-electron chi connectivity index (χ0n) is 19.1. The van der Waals surface area contributed by atoms with Gasteiger partial charge < -0.3 is 9.80 Å². The average molecular weight is 461 g/mol. The topological polar surface area (TPSA) is 40.6 Å². The molecule has 0 N–H and O–H groups in total. The number of carbonyl (C=O) groups excluding carboxylic acids is 2. The van der Waals surface area contributed by atoms with Crippen LogP contribution >= 0.6 is 11.8 Å². The van der Waals surface area contributed by atoms with Crippen LogP contribution < -0.4 is 0 Å². The van der Waals surface area contributed by atoms with E-state index in [1.807, 2.05) is 21.9 Å². The fourth-order valence-corrected chi connectivity index (χ4v) is 5.20. The summed E-state index contributed by atoms with van der Waals surface area (Å²) < 4.78 is 0. The molecule has 33 heavy (non-hydrogen) atoms. The van der Waals surface area contributed by atoms with Gasteiger partial charge in [-0.2, -0.15) is 11.8 Å². The van der Waals surface area contributed by atoms with Gasteiger partial charge in [0.1, 0.15) is 0 Å². The van der Waals surface area contributed by atoms with Crippen LogP contribution in [0.5, 0.6) is 0 Å². The molecule has 0 bridgehead atoms. The van der Waals surface area contributed by atoms with Crippen molar-refractivity contribution in [2.45, 2.75) is 25.7 Å². The maximum atomic E-state index is 12.5. The highest BCUT2D eigenvalue weighted by molar-refractivity contribution is 7.99. The van der Waals surface area contributed by atoms with Crippen molar-refractivity contribution in [1.29, 1.82) is 0 Å². The number of rotatable bonds is 8. The highest BCUT2D eigenvalue weighted by Crippen LogP contribution is 2.24. The molecule has 2 aliphatic rings. The lowest BCUT2D eigenvalue weighted by atomic mass is 9.99. The Morgan fingerprint density at radius 3 is 1.45 bits per heavy atom. The van der Waals surface area contributed by atoms with E-state index in [1.54, 1.807) is 11.8 Å². The maximum absolute atomic E-state index is 12.5. The van der Waals surface area contributed by atoms with Gasteiger partial charge in [0.25, 0.3) is 0 Å². The fraction of sp³-hybridized carbons (Fsp3) is 0.357. The minimum absolute atomic E-state index is 0.215. The molecule has 0 unspecified atom stereocenters. The molecule has 5 heteroatoms. The zero-order valence-corrected chi connectivity index (χ0v) is 19.9. The van der Waals surface area contributed by atoms with Crippen molar-refractivity contribution in [2.75, 3.05) is 37.7 Å². The molecule has 2 aromatic carbocycles. The predicted molar refractivity (Wildman–Crippen MR) is 138 cm³/mol. The Labute approximate surface area is 201 Å². The molecule has 0 aromatic heterocycles. The molecular weight excluding hydrogens is 428 g/mol. The molecule has 0 spiro atoms. The first-order chi connectivity index (χ1) is 16.2. The van der Waals surface area contributed by atoms with E-state index in [0.29, 0.717) is 25.9 Å². The Morgan fingerprint density at radius 2 is 1.09 bits per heavy atom. The van der Waals surface area contributed by atoms with Gasteiger partial charge in [0, 0.05) is 50.5 Å². The van der Waals surface area contributed by atoms with Crippen molar-refractivity contribution < 1.29 is 9.59 Å². The molecule has 4 nitrogen and oxygen atoms in total. The van der Waals surface area contributed by atoms with Crippen LogP contribution in [0.2, 0.25) is 0 Å². The summed E-state index contributed by atoms with van der Waals surface area (Å²) in [5.41, 5.74) is 5.17. The molecule has 0 fully saturated rings. The number of thioether (sulfide) groups is 1. The maximum Gasteiger partial charge on any atom is 0.223 e.